The summed E-state index contributed by atoms with van der Waals surface area (Å²) in [6.45, 7) is 4.26. The molecule has 0 bridgehead atoms. The molecule has 0 saturated heterocycles. The van der Waals surface area contributed by atoms with Gasteiger partial charge in [-0.3, -0.25) is 4.79 Å². The molecule has 1 aliphatic carbocycles. The van der Waals surface area contributed by atoms with Crippen LogP contribution in [0.2, 0.25) is 0 Å². The molecule has 0 aliphatic heterocycles. The Morgan fingerprint density at radius 2 is 2.15 bits per heavy atom. The van der Waals surface area contributed by atoms with Gasteiger partial charge in [-0.1, -0.05) is 13.8 Å². The molecule has 1 amide bonds. The number of pyridine rings is 1. The van der Waals surface area contributed by atoms with E-state index in [1.54, 1.807) is 12.3 Å². The third-order valence-electron chi connectivity index (χ3n) is 4.84. The normalized spacial score (nSPS) is 19.1. The lowest BCUT2D eigenvalue weighted by Crippen LogP contribution is -2.15. The molecule has 26 heavy (non-hydrogen) atoms. The zero-order valence-electron chi connectivity index (χ0n) is 14.7. The Balaban J connectivity index is 1.72. The summed E-state index contributed by atoms with van der Waals surface area (Å²) < 4.78 is 13.0. The second-order valence-electron chi connectivity index (χ2n) is 7.16. The third kappa shape index (κ3) is 2.92. The number of nitrogen functional groups attached to an aromatic ring is 1. The van der Waals surface area contributed by atoms with E-state index in [1.807, 2.05) is 24.4 Å². The van der Waals surface area contributed by atoms with Crippen LogP contribution in [0.15, 0.2) is 36.7 Å². The molecule has 4 rings (SSSR count). The van der Waals surface area contributed by atoms with Crippen LogP contribution in [0.3, 0.4) is 0 Å². The van der Waals surface area contributed by atoms with E-state index in [-0.39, 0.29) is 5.91 Å². The molecule has 0 spiro atoms. The lowest BCUT2D eigenvalue weighted by molar-refractivity contribution is -0.117. The van der Waals surface area contributed by atoms with E-state index >= 15 is 0 Å². The second kappa shape index (κ2) is 6.12. The van der Waals surface area contributed by atoms with Crippen LogP contribution in [-0.2, 0) is 4.79 Å². The van der Waals surface area contributed by atoms with E-state index in [1.165, 1.54) is 0 Å². The molecule has 2 heterocycles. The van der Waals surface area contributed by atoms with Crippen molar-refractivity contribution in [2.45, 2.75) is 32.4 Å². The van der Waals surface area contributed by atoms with Crippen LogP contribution < -0.4 is 11.1 Å². The Kier molecular flexibility index (Phi) is 3.90. The van der Waals surface area contributed by atoms with Crippen molar-refractivity contribution < 1.29 is 9.18 Å². The van der Waals surface area contributed by atoms with Gasteiger partial charge in [0.2, 0.25) is 5.91 Å². The number of aromatic amines is 1. The summed E-state index contributed by atoms with van der Waals surface area (Å²) in [5.41, 5.74) is 10.1. The number of fused-ring (bicyclic) bond motifs is 1. The van der Waals surface area contributed by atoms with Crippen molar-refractivity contribution in [3.8, 4) is 11.1 Å². The lowest BCUT2D eigenvalue weighted by atomic mass is 9.97. The van der Waals surface area contributed by atoms with Gasteiger partial charge in [0.25, 0.3) is 0 Å². The van der Waals surface area contributed by atoms with Gasteiger partial charge in [-0.2, -0.15) is 0 Å². The molecule has 3 aromatic rings. The maximum Gasteiger partial charge on any atom is 0.231 e. The minimum Gasteiger partial charge on any atom is -0.398 e. The molecule has 0 unspecified atom stereocenters. The largest absolute Gasteiger partial charge is 0.398 e. The van der Waals surface area contributed by atoms with Gasteiger partial charge < -0.3 is 16.0 Å². The van der Waals surface area contributed by atoms with Crippen LogP contribution in [0.25, 0.3) is 21.9 Å². The summed E-state index contributed by atoms with van der Waals surface area (Å²) in [6, 6.07) is 7.79. The van der Waals surface area contributed by atoms with Crippen molar-refractivity contribution in [1.29, 1.82) is 0 Å². The fourth-order valence-corrected chi connectivity index (χ4v) is 3.28. The highest BCUT2D eigenvalue weighted by Crippen LogP contribution is 2.36. The number of carbonyl (C=O) groups is 1. The zero-order chi connectivity index (χ0) is 18.4. The predicted octanol–water partition coefficient (Wildman–Crippen LogP) is 4.23. The molecule has 0 radical (unpaired) electrons. The molecule has 134 valence electrons. The molecule has 6 heteroatoms. The number of hydrogen-bond acceptors (Lipinski definition) is 3. The van der Waals surface area contributed by atoms with Gasteiger partial charge in [0, 0.05) is 34.7 Å². The molecular weight excluding hydrogens is 331 g/mol. The van der Waals surface area contributed by atoms with Crippen molar-refractivity contribution >= 4 is 28.2 Å². The number of nitrogens with one attached hydrogen (secondary N) is 2. The van der Waals surface area contributed by atoms with Crippen LogP contribution >= 0.6 is 0 Å². The van der Waals surface area contributed by atoms with Gasteiger partial charge in [-0.05, 0) is 47.6 Å². The van der Waals surface area contributed by atoms with Gasteiger partial charge >= 0.3 is 0 Å². The summed E-state index contributed by atoms with van der Waals surface area (Å²) in [7, 11) is 0. The molecule has 2 aromatic heterocycles. The van der Waals surface area contributed by atoms with E-state index in [4.69, 9.17) is 5.73 Å². The van der Waals surface area contributed by atoms with Gasteiger partial charge in [-0.25, -0.2) is 9.37 Å². The molecule has 2 atom stereocenters. The van der Waals surface area contributed by atoms with Crippen molar-refractivity contribution in [1.82, 2.24) is 9.97 Å². The van der Waals surface area contributed by atoms with Gasteiger partial charge in [0.1, 0.15) is 12.0 Å². The number of alkyl halides is 1. The third-order valence-corrected chi connectivity index (χ3v) is 4.84. The van der Waals surface area contributed by atoms with E-state index in [0.29, 0.717) is 23.8 Å². The number of nitrogens with zero attached hydrogens (tertiary/aromatic N) is 1. The molecule has 1 aromatic carbocycles. The number of nitrogens with two attached hydrogens (primary N) is 1. The highest BCUT2D eigenvalue weighted by molar-refractivity contribution is 6.00. The first kappa shape index (κ1) is 16.6. The smallest absolute Gasteiger partial charge is 0.231 e. The standard InChI is InChI=1S/C20H21FN4O/c1-10(2)19-13(3-4-23-19)11-5-12-7-18(24-9-15(12)17(22)6-11)25-20(26)14-8-16(14)21/h3-7,9-10,14,16,23H,8,22H2,1-2H3,(H,24,25,26)/t14-,16-/m1/s1. The maximum absolute atomic E-state index is 13.0. The fraction of sp³-hybridized carbons (Fsp3) is 0.300. The number of benzene rings is 1. The molecular formula is C20H21FN4O. The summed E-state index contributed by atoms with van der Waals surface area (Å²) in [4.78, 5) is 19.5. The van der Waals surface area contributed by atoms with Crippen molar-refractivity contribution in [2.24, 2.45) is 5.92 Å². The lowest BCUT2D eigenvalue weighted by Gasteiger charge is -2.11. The number of hydrogen-bond donors (Lipinski definition) is 3. The Labute approximate surface area is 150 Å². The number of anilines is 2. The van der Waals surface area contributed by atoms with Gasteiger partial charge in [-0.15, -0.1) is 0 Å². The number of aromatic nitrogens is 2. The molecule has 1 aliphatic rings. The number of carbonyl (C=O) groups excluding carboxylic acids is 1. The van der Waals surface area contributed by atoms with Gasteiger partial charge in [0.15, 0.2) is 0 Å². The average molecular weight is 352 g/mol. The first-order valence-electron chi connectivity index (χ1n) is 8.76. The van der Waals surface area contributed by atoms with E-state index in [9.17, 15) is 9.18 Å². The van der Waals surface area contributed by atoms with Crippen LogP contribution in [0.5, 0.6) is 0 Å². The SMILES string of the molecule is CC(C)c1[nH]ccc1-c1cc(N)c2cnc(NC(=O)[C@@H]3C[C@H]3F)cc2c1. The summed E-state index contributed by atoms with van der Waals surface area (Å²) in [5, 5.41) is 4.40. The summed E-state index contributed by atoms with van der Waals surface area (Å²) >= 11 is 0. The first-order chi connectivity index (χ1) is 12.4. The van der Waals surface area contributed by atoms with Gasteiger partial charge in [0.05, 0.1) is 5.92 Å². The number of amides is 1. The number of halogens is 1. The highest BCUT2D eigenvalue weighted by atomic mass is 19.1. The van der Waals surface area contributed by atoms with Crippen LogP contribution in [0.4, 0.5) is 15.9 Å². The maximum atomic E-state index is 13.0. The zero-order valence-corrected chi connectivity index (χ0v) is 14.7. The Bertz CT molecular complexity index is 995. The summed E-state index contributed by atoms with van der Waals surface area (Å²) in [6.07, 6.45) is 2.83. The van der Waals surface area contributed by atoms with Crippen LogP contribution in [0.1, 0.15) is 31.9 Å². The van der Waals surface area contributed by atoms with Crippen LogP contribution in [0, 0.1) is 5.92 Å². The fourth-order valence-electron chi connectivity index (χ4n) is 3.28. The Morgan fingerprint density at radius 3 is 2.85 bits per heavy atom. The molecule has 1 fully saturated rings. The highest BCUT2D eigenvalue weighted by Gasteiger charge is 2.43. The van der Waals surface area contributed by atoms with Crippen molar-refractivity contribution in [3.63, 3.8) is 0 Å². The first-order valence-corrected chi connectivity index (χ1v) is 8.76. The Hall–Kier alpha value is -2.89. The van der Waals surface area contributed by atoms with Crippen molar-refractivity contribution in [3.05, 3.63) is 42.4 Å². The van der Waals surface area contributed by atoms with Crippen LogP contribution in [-0.4, -0.2) is 22.0 Å². The monoisotopic (exact) mass is 352 g/mol. The number of rotatable bonds is 4. The van der Waals surface area contributed by atoms with E-state index in [0.717, 1.165) is 27.6 Å². The number of H-pyrrole nitrogens is 1. The van der Waals surface area contributed by atoms with E-state index in [2.05, 4.69) is 29.1 Å². The van der Waals surface area contributed by atoms with Crippen molar-refractivity contribution in [2.75, 3.05) is 11.1 Å². The topological polar surface area (TPSA) is 83.8 Å². The molecule has 4 N–H and O–H groups in total. The minimum absolute atomic E-state index is 0.294. The molecule has 5 nitrogen and oxygen atoms in total. The second-order valence-corrected chi connectivity index (χ2v) is 7.16. The quantitative estimate of drug-likeness (QED) is 0.614. The summed E-state index contributed by atoms with van der Waals surface area (Å²) in [5.74, 6) is -0.0914. The van der Waals surface area contributed by atoms with E-state index < -0.39 is 12.1 Å². The minimum atomic E-state index is -1.03. The molecule has 1 saturated carbocycles. The Morgan fingerprint density at radius 1 is 1.38 bits per heavy atom. The predicted molar refractivity (Wildman–Crippen MR) is 102 cm³/mol. The average Bonchev–Trinajstić information content (AvgIpc) is 3.13.